The lowest BCUT2D eigenvalue weighted by Gasteiger charge is -2.33. The van der Waals surface area contributed by atoms with Gasteiger partial charge < -0.3 is 14.5 Å². The summed E-state index contributed by atoms with van der Waals surface area (Å²) >= 11 is 0. The van der Waals surface area contributed by atoms with E-state index in [2.05, 4.69) is 16.5 Å². The Balaban J connectivity index is 1.54. The molecule has 2 aromatic carbocycles. The van der Waals surface area contributed by atoms with Crippen LogP contribution in [0.15, 0.2) is 53.4 Å². The van der Waals surface area contributed by atoms with Crippen molar-refractivity contribution in [1.82, 2.24) is 9.80 Å². The lowest BCUT2D eigenvalue weighted by molar-refractivity contribution is -0.135. The molecule has 1 N–H and O–H groups in total. The summed E-state index contributed by atoms with van der Waals surface area (Å²) in [6.07, 6.45) is 0. The van der Waals surface area contributed by atoms with Crippen molar-refractivity contribution < 1.29 is 22.3 Å². The summed E-state index contributed by atoms with van der Waals surface area (Å²) in [5, 5.41) is 0. The molecule has 156 valence electrons. The molecule has 0 saturated carbocycles. The summed E-state index contributed by atoms with van der Waals surface area (Å²) in [5.41, 5.74) is 0.264. The Bertz CT molecular complexity index is 925. The molecule has 7 nitrogen and oxygen atoms in total. The molecule has 0 unspecified atom stereocenters. The van der Waals surface area contributed by atoms with Gasteiger partial charge in [0, 0.05) is 31.9 Å². The molecular weight excluding hydrogens is 397 g/mol. The fourth-order valence-electron chi connectivity index (χ4n) is 3.00. The second-order valence-corrected chi connectivity index (χ2v) is 8.37. The SMILES string of the molecule is CCN1CCN(C(=O)COc2ccc(S(=O)(=O)Nc3ccc(F)cc3)cc2)CC1. The van der Waals surface area contributed by atoms with E-state index in [1.807, 2.05) is 0 Å². The minimum atomic E-state index is -3.81. The average Bonchev–Trinajstić information content (AvgIpc) is 2.74. The Morgan fingerprint density at radius 3 is 2.24 bits per heavy atom. The van der Waals surface area contributed by atoms with Gasteiger partial charge in [0.25, 0.3) is 15.9 Å². The normalized spacial score (nSPS) is 15.2. The van der Waals surface area contributed by atoms with Crippen molar-refractivity contribution >= 4 is 21.6 Å². The van der Waals surface area contributed by atoms with Crippen LogP contribution < -0.4 is 9.46 Å². The second-order valence-electron chi connectivity index (χ2n) is 6.69. The predicted octanol–water partition coefficient (Wildman–Crippen LogP) is 2.17. The summed E-state index contributed by atoms with van der Waals surface area (Å²) in [6, 6.07) is 10.8. The molecule has 0 atom stereocenters. The summed E-state index contributed by atoms with van der Waals surface area (Å²) in [7, 11) is -3.81. The molecule has 1 fully saturated rings. The third-order valence-electron chi connectivity index (χ3n) is 4.76. The van der Waals surface area contributed by atoms with Crippen molar-refractivity contribution in [1.29, 1.82) is 0 Å². The zero-order valence-electron chi connectivity index (χ0n) is 16.2. The van der Waals surface area contributed by atoms with Crippen molar-refractivity contribution in [3.05, 3.63) is 54.3 Å². The molecule has 1 saturated heterocycles. The number of nitrogens with zero attached hydrogens (tertiary/aromatic N) is 2. The number of hydrogen-bond donors (Lipinski definition) is 1. The quantitative estimate of drug-likeness (QED) is 0.741. The molecule has 1 heterocycles. The van der Waals surface area contributed by atoms with Crippen LogP contribution in [0.25, 0.3) is 0 Å². The van der Waals surface area contributed by atoms with E-state index in [1.165, 1.54) is 48.5 Å². The molecule has 1 aliphatic heterocycles. The molecule has 29 heavy (non-hydrogen) atoms. The van der Waals surface area contributed by atoms with Crippen LogP contribution in [0, 0.1) is 5.82 Å². The Hall–Kier alpha value is -2.65. The predicted molar refractivity (Wildman–Crippen MR) is 108 cm³/mol. The molecule has 0 spiro atoms. The Morgan fingerprint density at radius 2 is 1.66 bits per heavy atom. The van der Waals surface area contributed by atoms with Crippen molar-refractivity contribution in [2.75, 3.05) is 44.1 Å². The topological polar surface area (TPSA) is 79.0 Å². The van der Waals surface area contributed by atoms with Crippen LogP contribution in [-0.2, 0) is 14.8 Å². The zero-order chi connectivity index (χ0) is 20.9. The Morgan fingerprint density at radius 1 is 1.03 bits per heavy atom. The molecule has 3 rings (SSSR count). The summed E-state index contributed by atoms with van der Waals surface area (Å²) < 4.78 is 45.7. The highest BCUT2D eigenvalue weighted by Gasteiger charge is 2.20. The van der Waals surface area contributed by atoms with Crippen molar-refractivity contribution in [3.8, 4) is 5.75 Å². The van der Waals surface area contributed by atoms with E-state index in [1.54, 1.807) is 4.90 Å². The number of anilines is 1. The van der Waals surface area contributed by atoms with E-state index >= 15 is 0 Å². The van der Waals surface area contributed by atoms with Crippen molar-refractivity contribution in [3.63, 3.8) is 0 Å². The Kier molecular flexibility index (Phi) is 6.71. The van der Waals surface area contributed by atoms with Gasteiger partial charge >= 0.3 is 0 Å². The number of hydrogen-bond acceptors (Lipinski definition) is 5. The number of sulfonamides is 1. The van der Waals surface area contributed by atoms with E-state index < -0.39 is 15.8 Å². The van der Waals surface area contributed by atoms with Crippen molar-refractivity contribution in [2.45, 2.75) is 11.8 Å². The maximum absolute atomic E-state index is 12.9. The van der Waals surface area contributed by atoms with Gasteiger partial charge in [0.05, 0.1) is 4.90 Å². The smallest absolute Gasteiger partial charge is 0.261 e. The summed E-state index contributed by atoms with van der Waals surface area (Å²) in [4.78, 5) is 16.4. The van der Waals surface area contributed by atoms with Crippen LogP contribution in [0.2, 0.25) is 0 Å². The van der Waals surface area contributed by atoms with E-state index in [0.29, 0.717) is 18.8 Å². The highest BCUT2D eigenvalue weighted by molar-refractivity contribution is 7.92. The molecule has 2 aromatic rings. The fourth-order valence-corrected chi connectivity index (χ4v) is 4.06. The Labute approximate surface area is 170 Å². The molecule has 0 radical (unpaired) electrons. The number of benzene rings is 2. The molecule has 0 aliphatic carbocycles. The zero-order valence-corrected chi connectivity index (χ0v) is 17.0. The first kappa shape index (κ1) is 21.1. The summed E-state index contributed by atoms with van der Waals surface area (Å²) in [5.74, 6) is -0.127. The lowest BCUT2D eigenvalue weighted by Crippen LogP contribution is -2.49. The van der Waals surface area contributed by atoms with Crippen LogP contribution >= 0.6 is 0 Å². The number of amides is 1. The lowest BCUT2D eigenvalue weighted by atomic mass is 10.3. The highest BCUT2D eigenvalue weighted by atomic mass is 32.2. The first-order valence-electron chi connectivity index (χ1n) is 9.39. The molecule has 1 aliphatic rings. The number of likely N-dealkylation sites (N-methyl/N-ethyl adjacent to an activating group) is 1. The second kappa shape index (κ2) is 9.23. The number of piperazine rings is 1. The van der Waals surface area contributed by atoms with Crippen LogP contribution in [0.5, 0.6) is 5.75 Å². The molecule has 0 bridgehead atoms. The van der Waals surface area contributed by atoms with Gasteiger partial charge in [-0.15, -0.1) is 0 Å². The monoisotopic (exact) mass is 421 g/mol. The van der Waals surface area contributed by atoms with Gasteiger partial charge in [-0.25, -0.2) is 12.8 Å². The van der Waals surface area contributed by atoms with Gasteiger partial charge in [-0.2, -0.15) is 0 Å². The highest BCUT2D eigenvalue weighted by Crippen LogP contribution is 2.19. The van der Waals surface area contributed by atoms with Crippen LogP contribution in [0.4, 0.5) is 10.1 Å². The van der Waals surface area contributed by atoms with E-state index in [9.17, 15) is 17.6 Å². The maximum atomic E-state index is 12.9. The van der Waals surface area contributed by atoms with Crippen LogP contribution in [0.1, 0.15) is 6.92 Å². The number of rotatable bonds is 7. The first-order chi connectivity index (χ1) is 13.9. The molecule has 1 amide bonds. The van der Waals surface area contributed by atoms with Gasteiger partial charge in [0.2, 0.25) is 0 Å². The third-order valence-corrected chi connectivity index (χ3v) is 6.16. The fraction of sp³-hybridized carbons (Fsp3) is 0.350. The first-order valence-corrected chi connectivity index (χ1v) is 10.9. The molecule has 0 aromatic heterocycles. The van der Waals surface area contributed by atoms with E-state index in [-0.39, 0.29) is 23.1 Å². The van der Waals surface area contributed by atoms with Gasteiger partial charge in [-0.3, -0.25) is 9.52 Å². The molecular formula is C20H24FN3O4S. The number of ether oxygens (including phenoxy) is 1. The van der Waals surface area contributed by atoms with Gasteiger partial charge in [-0.05, 0) is 55.1 Å². The molecule has 9 heteroatoms. The largest absolute Gasteiger partial charge is 0.484 e. The van der Waals surface area contributed by atoms with Gasteiger partial charge in [0.15, 0.2) is 6.61 Å². The number of carbonyl (C=O) groups is 1. The third kappa shape index (κ3) is 5.68. The van der Waals surface area contributed by atoms with Crippen molar-refractivity contribution in [2.24, 2.45) is 0 Å². The minimum absolute atomic E-state index is 0.0381. The number of carbonyl (C=O) groups excluding carboxylic acids is 1. The van der Waals surface area contributed by atoms with Gasteiger partial charge in [0.1, 0.15) is 11.6 Å². The average molecular weight is 421 g/mol. The number of nitrogens with one attached hydrogen (secondary N) is 1. The van der Waals surface area contributed by atoms with Crippen LogP contribution in [-0.4, -0.2) is 63.5 Å². The summed E-state index contributed by atoms with van der Waals surface area (Å²) in [6.45, 7) is 6.06. The maximum Gasteiger partial charge on any atom is 0.261 e. The van der Waals surface area contributed by atoms with E-state index in [0.717, 1.165) is 19.6 Å². The van der Waals surface area contributed by atoms with Crippen LogP contribution in [0.3, 0.4) is 0 Å². The van der Waals surface area contributed by atoms with E-state index in [4.69, 9.17) is 4.74 Å². The number of halogens is 1. The minimum Gasteiger partial charge on any atom is -0.484 e. The standard InChI is InChI=1S/C20H24FN3O4S/c1-2-23-11-13-24(14-12-23)20(25)15-28-18-7-9-19(10-8-18)29(26,27)22-17-5-3-16(21)4-6-17/h3-10,22H,2,11-15H2,1H3. The van der Waals surface area contributed by atoms with Gasteiger partial charge in [-0.1, -0.05) is 6.92 Å².